The summed E-state index contributed by atoms with van der Waals surface area (Å²) in [6.07, 6.45) is -2.03. The minimum absolute atomic E-state index is 0.212. The van der Waals surface area contributed by atoms with E-state index in [-0.39, 0.29) is 5.69 Å². The second-order valence-electron chi connectivity index (χ2n) is 4.10. The van der Waals surface area contributed by atoms with E-state index in [2.05, 4.69) is 10.3 Å². The summed E-state index contributed by atoms with van der Waals surface area (Å²) >= 11 is 0. The zero-order valence-corrected chi connectivity index (χ0v) is 9.52. The second-order valence-corrected chi connectivity index (χ2v) is 4.10. The molecule has 1 aromatic carbocycles. The lowest BCUT2D eigenvalue weighted by molar-refractivity contribution is -0.139. The molecule has 0 saturated heterocycles. The van der Waals surface area contributed by atoms with E-state index < -0.39 is 17.6 Å². The zero-order chi connectivity index (χ0) is 13.2. The summed E-state index contributed by atoms with van der Waals surface area (Å²) < 4.78 is 50.6. The van der Waals surface area contributed by atoms with Crippen LogP contribution in [0.1, 0.15) is 24.8 Å². The standard InChI is InChI=1S/C12H12F4N2/c13-10-5-4-8(7-9(10)12(14,15)16)18-11-3-1-2-6-17-11/h4-5,7H,1-3,6H2,(H,17,18). The van der Waals surface area contributed by atoms with Crippen LogP contribution in [0.15, 0.2) is 23.2 Å². The van der Waals surface area contributed by atoms with Gasteiger partial charge in [-0.3, -0.25) is 4.99 Å². The number of hydrogen-bond acceptors (Lipinski definition) is 2. The highest BCUT2D eigenvalue weighted by Crippen LogP contribution is 2.33. The molecule has 0 aromatic heterocycles. The highest BCUT2D eigenvalue weighted by molar-refractivity contribution is 5.95. The Kier molecular flexibility index (Phi) is 3.54. The zero-order valence-electron chi connectivity index (χ0n) is 9.52. The van der Waals surface area contributed by atoms with E-state index in [0.717, 1.165) is 25.0 Å². The maximum atomic E-state index is 13.1. The lowest BCUT2D eigenvalue weighted by Crippen LogP contribution is -2.17. The van der Waals surface area contributed by atoms with Crippen molar-refractivity contribution in [1.82, 2.24) is 0 Å². The van der Waals surface area contributed by atoms with Gasteiger partial charge in [0.1, 0.15) is 11.7 Å². The van der Waals surface area contributed by atoms with Gasteiger partial charge in [-0.2, -0.15) is 13.2 Å². The highest BCUT2D eigenvalue weighted by Gasteiger charge is 2.34. The Bertz CT molecular complexity index is 466. The predicted molar refractivity (Wildman–Crippen MR) is 61.2 cm³/mol. The van der Waals surface area contributed by atoms with Gasteiger partial charge in [-0.15, -0.1) is 0 Å². The molecule has 0 amide bonds. The molecule has 98 valence electrons. The number of nitrogens with one attached hydrogen (secondary N) is 1. The van der Waals surface area contributed by atoms with Crippen molar-refractivity contribution in [1.29, 1.82) is 0 Å². The van der Waals surface area contributed by atoms with E-state index in [1.165, 1.54) is 6.07 Å². The van der Waals surface area contributed by atoms with Crippen molar-refractivity contribution in [3.8, 4) is 0 Å². The SMILES string of the molecule is Fc1ccc(NC2=NCCCC2)cc1C(F)(F)F. The molecule has 6 heteroatoms. The number of rotatable bonds is 1. The van der Waals surface area contributed by atoms with Crippen molar-refractivity contribution < 1.29 is 17.6 Å². The first-order valence-electron chi connectivity index (χ1n) is 5.64. The molecule has 0 spiro atoms. The van der Waals surface area contributed by atoms with Crippen molar-refractivity contribution in [2.24, 2.45) is 4.99 Å². The minimum Gasteiger partial charge on any atom is -0.344 e. The first-order valence-corrected chi connectivity index (χ1v) is 5.64. The van der Waals surface area contributed by atoms with E-state index in [0.29, 0.717) is 18.8 Å². The molecular formula is C12H12F4N2. The van der Waals surface area contributed by atoms with Crippen LogP contribution in [0.3, 0.4) is 0 Å². The molecule has 1 aromatic rings. The Morgan fingerprint density at radius 3 is 2.56 bits per heavy atom. The molecule has 0 unspecified atom stereocenters. The van der Waals surface area contributed by atoms with Crippen LogP contribution >= 0.6 is 0 Å². The van der Waals surface area contributed by atoms with Crippen LogP contribution in [0.4, 0.5) is 23.2 Å². The quantitative estimate of drug-likeness (QED) is 0.762. The monoisotopic (exact) mass is 260 g/mol. The summed E-state index contributed by atoms with van der Waals surface area (Å²) in [5.41, 5.74) is -1.05. The molecule has 0 bridgehead atoms. The fourth-order valence-corrected chi connectivity index (χ4v) is 1.79. The van der Waals surface area contributed by atoms with Crippen LogP contribution in [-0.4, -0.2) is 12.4 Å². The molecule has 0 aliphatic carbocycles. The van der Waals surface area contributed by atoms with Gasteiger partial charge in [0, 0.05) is 18.7 Å². The third-order valence-electron chi connectivity index (χ3n) is 2.68. The number of hydrogen-bond donors (Lipinski definition) is 1. The van der Waals surface area contributed by atoms with Crippen LogP contribution in [0, 0.1) is 5.82 Å². The smallest absolute Gasteiger partial charge is 0.344 e. The lowest BCUT2D eigenvalue weighted by Gasteiger charge is -2.15. The third kappa shape index (κ3) is 3.00. The first-order chi connectivity index (χ1) is 8.47. The average Bonchev–Trinajstić information content (AvgIpc) is 2.31. The van der Waals surface area contributed by atoms with Crippen LogP contribution in [-0.2, 0) is 6.18 Å². The normalized spacial score (nSPS) is 16.3. The molecule has 2 nitrogen and oxygen atoms in total. The number of aliphatic imine (C=N–C) groups is 1. The lowest BCUT2D eigenvalue weighted by atomic mass is 10.1. The molecule has 1 aliphatic rings. The summed E-state index contributed by atoms with van der Waals surface area (Å²) in [6, 6.07) is 2.86. The minimum atomic E-state index is -4.68. The van der Waals surface area contributed by atoms with Crippen LogP contribution in [0.25, 0.3) is 0 Å². The number of benzene rings is 1. The van der Waals surface area contributed by atoms with Crippen LogP contribution < -0.4 is 5.32 Å². The fourth-order valence-electron chi connectivity index (χ4n) is 1.79. The van der Waals surface area contributed by atoms with E-state index in [1.54, 1.807) is 0 Å². The summed E-state index contributed by atoms with van der Waals surface area (Å²) in [5.74, 6) is -0.611. The molecule has 1 heterocycles. The Morgan fingerprint density at radius 1 is 1.17 bits per heavy atom. The fraction of sp³-hybridized carbons (Fsp3) is 0.417. The molecule has 0 radical (unpaired) electrons. The van der Waals surface area contributed by atoms with E-state index in [9.17, 15) is 17.6 Å². The molecule has 0 atom stereocenters. The summed E-state index contributed by atoms with van der Waals surface area (Å²) in [7, 11) is 0. The van der Waals surface area contributed by atoms with Gasteiger partial charge in [0.25, 0.3) is 0 Å². The Balaban J connectivity index is 2.22. The van der Waals surface area contributed by atoms with E-state index >= 15 is 0 Å². The number of amidine groups is 1. The maximum absolute atomic E-state index is 13.1. The first kappa shape index (κ1) is 12.9. The molecule has 1 aliphatic heterocycles. The molecule has 1 N–H and O–H groups in total. The Hall–Kier alpha value is -1.59. The Morgan fingerprint density at radius 2 is 1.94 bits per heavy atom. The van der Waals surface area contributed by atoms with Crippen molar-refractivity contribution >= 4 is 11.5 Å². The molecule has 18 heavy (non-hydrogen) atoms. The largest absolute Gasteiger partial charge is 0.419 e. The third-order valence-corrected chi connectivity index (χ3v) is 2.68. The molecular weight excluding hydrogens is 248 g/mol. The number of nitrogens with zero attached hydrogens (tertiary/aromatic N) is 1. The molecule has 0 saturated carbocycles. The van der Waals surface area contributed by atoms with E-state index in [1.807, 2.05) is 0 Å². The van der Waals surface area contributed by atoms with Crippen molar-refractivity contribution in [3.63, 3.8) is 0 Å². The Labute approximate surface area is 102 Å². The van der Waals surface area contributed by atoms with Gasteiger partial charge < -0.3 is 5.32 Å². The van der Waals surface area contributed by atoms with Crippen LogP contribution in [0.2, 0.25) is 0 Å². The van der Waals surface area contributed by atoms with Crippen molar-refractivity contribution in [2.45, 2.75) is 25.4 Å². The van der Waals surface area contributed by atoms with Crippen LogP contribution in [0.5, 0.6) is 0 Å². The number of halogens is 4. The predicted octanol–water partition coefficient (Wildman–Crippen LogP) is 3.84. The van der Waals surface area contributed by atoms with Gasteiger partial charge in [-0.25, -0.2) is 4.39 Å². The second kappa shape index (κ2) is 4.96. The maximum Gasteiger partial charge on any atom is 0.419 e. The van der Waals surface area contributed by atoms with Gasteiger partial charge in [-0.1, -0.05) is 0 Å². The van der Waals surface area contributed by atoms with Crippen molar-refractivity contribution in [2.75, 3.05) is 11.9 Å². The van der Waals surface area contributed by atoms with E-state index in [4.69, 9.17) is 0 Å². The van der Waals surface area contributed by atoms with Gasteiger partial charge in [0.05, 0.1) is 5.56 Å². The summed E-state index contributed by atoms with van der Waals surface area (Å²) in [6.45, 7) is 0.676. The number of alkyl halides is 3. The van der Waals surface area contributed by atoms with Gasteiger partial charge in [-0.05, 0) is 31.0 Å². The van der Waals surface area contributed by atoms with Gasteiger partial charge in [0.15, 0.2) is 0 Å². The van der Waals surface area contributed by atoms with Gasteiger partial charge >= 0.3 is 6.18 Å². The highest BCUT2D eigenvalue weighted by atomic mass is 19.4. The molecule has 2 rings (SSSR count). The number of anilines is 1. The summed E-state index contributed by atoms with van der Waals surface area (Å²) in [4.78, 5) is 4.17. The average molecular weight is 260 g/mol. The topological polar surface area (TPSA) is 24.4 Å². The molecule has 0 fully saturated rings. The van der Waals surface area contributed by atoms with Crippen molar-refractivity contribution in [3.05, 3.63) is 29.6 Å². The summed E-state index contributed by atoms with van der Waals surface area (Å²) in [5, 5.41) is 2.80. The van der Waals surface area contributed by atoms with Gasteiger partial charge in [0.2, 0.25) is 0 Å².